The summed E-state index contributed by atoms with van der Waals surface area (Å²) in [6.45, 7) is 0.791. The molecule has 1 aliphatic carbocycles. The van der Waals surface area contributed by atoms with Crippen LogP contribution >= 0.6 is 11.8 Å². The minimum atomic E-state index is -0.363. The minimum Gasteiger partial charge on any atom is -0.309 e. The fourth-order valence-electron chi connectivity index (χ4n) is 2.43. The number of nitrogens with one attached hydrogen (secondary N) is 1. The van der Waals surface area contributed by atoms with Gasteiger partial charge in [0.15, 0.2) is 0 Å². The summed E-state index contributed by atoms with van der Waals surface area (Å²) in [6, 6.07) is 7.37. The van der Waals surface area contributed by atoms with Gasteiger partial charge in [0.1, 0.15) is 0 Å². The molecule has 0 heterocycles. The first kappa shape index (κ1) is 13.4. The Morgan fingerprint density at radius 3 is 2.72 bits per heavy atom. The van der Waals surface area contributed by atoms with Crippen LogP contribution in [0.1, 0.15) is 24.8 Å². The van der Waals surface area contributed by atoms with Crippen molar-refractivity contribution in [1.29, 1.82) is 0 Å². The smallest absolute Gasteiger partial charge is 0.269 e. The number of thioether (sulfide) groups is 1. The highest BCUT2D eigenvalue weighted by atomic mass is 32.2. The van der Waals surface area contributed by atoms with E-state index in [2.05, 4.69) is 11.6 Å². The van der Waals surface area contributed by atoms with E-state index < -0.39 is 0 Å². The molecule has 18 heavy (non-hydrogen) atoms. The first-order chi connectivity index (χ1) is 8.70. The predicted molar refractivity (Wildman–Crippen MR) is 74.9 cm³/mol. The van der Waals surface area contributed by atoms with Crippen molar-refractivity contribution >= 4 is 17.4 Å². The second kappa shape index (κ2) is 6.20. The molecule has 1 aromatic rings. The molecule has 5 heteroatoms. The molecule has 2 rings (SSSR count). The van der Waals surface area contributed by atoms with E-state index >= 15 is 0 Å². The highest BCUT2D eigenvalue weighted by Gasteiger charge is 2.25. The second-order valence-electron chi connectivity index (χ2n) is 4.62. The zero-order valence-electron chi connectivity index (χ0n) is 10.5. The van der Waals surface area contributed by atoms with Crippen LogP contribution in [-0.4, -0.2) is 22.5 Å². The van der Waals surface area contributed by atoms with Gasteiger partial charge in [-0.1, -0.05) is 18.6 Å². The van der Waals surface area contributed by atoms with Crippen molar-refractivity contribution in [3.05, 3.63) is 39.9 Å². The topological polar surface area (TPSA) is 55.2 Å². The molecule has 1 saturated carbocycles. The van der Waals surface area contributed by atoms with Gasteiger partial charge >= 0.3 is 0 Å². The van der Waals surface area contributed by atoms with Crippen LogP contribution in [-0.2, 0) is 6.54 Å². The van der Waals surface area contributed by atoms with Crippen molar-refractivity contribution in [3.63, 3.8) is 0 Å². The molecule has 0 amide bonds. The Kier molecular flexibility index (Phi) is 4.60. The molecule has 0 aromatic heterocycles. The zero-order chi connectivity index (χ0) is 13.0. The number of benzene rings is 1. The zero-order valence-corrected chi connectivity index (χ0v) is 11.3. The van der Waals surface area contributed by atoms with Gasteiger partial charge in [-0.3, -0.25) is 10.1 Å². The second-order valence-corrected chi connectivity index (χ2v) is 5.69. The number of rotatable bonds is 5. The third kappa shape index (κ3) is 3.23. The summed E-state index contributed by atoms with van der Waals surface area (Å²) in [5.41, 5.74) is 1.26. The summed E-state index contributed by atoms with van der Waals surface area (Å²) >= 11 is 1.93. The molecule has 2 atom stereocenters. The molecule has 0 aliphatic heterocycles. The van der Waals surface area contributed by atoms with Crippen LogP contribution in [0.2, 0.25) is 0 Å². The summed E-state index contributed by atoms with van der Waals surface area (Å²) < 4.78 is 0. The number of nitro groups is 1. The summed E-state index contributed by atoms with van der Waals surface area (Å²) in [7, 11) is 0. The Balaban J connectivity index is 1.88. The third-order valence-corrected chi connectivity index (χ3v) is 4.64. The van der Waals surface area contributed by atoms with Crippen LogP contribution in [0.5, 0.6) is 0 Å². The molecule has 98 valence electrons. The number of nitrogens with zero attached hydrogens (tertiary/aromatic N) is 1. The average molecular weight is 266 g/mol. The maximum Gasteiger partial charge on any atom is 0.269 e. The minimum absolute atomic E-state index is 0.154. The largest absolute Gasteiger partial charge is 0.309 e. The number of hydrogen-bond donors (Lipinski definition) is 1. The Hall–Kier alpha value is -1.07. The summed E-state index contributed by atoms with van der Waals surface area (Å²) in [6.07, 6.45) is 5.98. The van der Waals surface area contributed by atoms with Crippen LogP contribution in [0, 0.1) is 10.1 Å². The van der Waals surface area contributed by atoms with E-state index in [1.807, 2.05) is 23.9 Å². The molecule has 0 bridgehead atoms. The van der Waals surface area contributed by atoms with Crippen LogP contribution in [0.15, 0.2) is 24.3 Å². The van der Waals surface area contributed by atoms with Crippen molar-refractivity contribution in [2.75, 3.05) is 6.26 Å². The first-order valence-corrected chi connectivity index (χ1v) is 7.49. The highest BCUT2D eigenvalue weighted by Crippen LogP contribution is 2.28. The maximum absolute atomic E-state index is 10.5. The molecular weight excluding hydrogens is 248 g/mol. The molecule has 0 radical (unpaired) electrons. The fourth-order valence-corrected chi connectivity index (χ4v) is 3.39. The lowest BCUT2D eigenvalue weighted by molar-refractivity contribution is -0.384. The van der Waals surface area contributed by atoms with E-state index in [-0.39, 0.29) is 10.6 Å². The lowest BCUT2D eigenvalue weighted by atomic mass is 10.2. The van der Waals surface area contributed by atoms with Gasteiger partial charge in [-0.25, -0.2) is 0 Å². The summed E-state index contributed by atoms with van der Waals surface area (Å²) in [5.74, 6) is 0. The van der Waals surface area contributed by atoms with E-state index in [0.29, 0.717) is 11.3 Å². The van der Waals surface area contributed by atoms with Crippen LogP contribution in [0.25, 0.3) is 0 Å². The van der Waals surface area contributed by atoms with Gasteiger partial charge in [0.05, 0.1) is 4.92 Å². The molecule has 1 aliphatic rings. The van der Waals surface area contributed by atoms with E-state index in [4.69, 9.17) is 0 Å². The summed E-state index contributed by atoms with van der Waals surface area (Å²) in [4.78, 5) is 10.2. The SMILES string of the molecule is CSC1CCCC1NCc1ccc([N+](=O)[O-])cc1. The normalized spacial score (nSPS) is 23.2. The van der Waals surface area contributed by atoms with Crippen LogP contribution in [0.4, 0.5) is 5.69 Å². The standard InChI is InChI=1S/C13H18N2O2S/c1-18-13-4-2-3-12(13)14-9-10-5-7-11(8-6-10)15(16)17/h5-8,12-14H,2-4,9H2,1H3. The first-order valence-electron chi connectivity index (χ1n) is 6.20. The predicted octanol–water partition coefficient (Wildman–Crippen LogP) is 2.97. The molecular formula is C13H18N2O2S. The van der Waals surface area contributed by atoms with E-state index in [0.717, 1.165) is 12.1 Å². The molecule has 1 aromatic carbocycles. The van der Waals surface area contributed by atoms with Gasteiger partial charge in [0, 0.05) is 30.0 Å². The Morgan fingerprint density at radius 1 is 1.39 bits per heavy atom. The van der Waals surface area contributed by atoms with Gasteiger partial charge in [0.2, 0.25) is 0 Å². The van der Waals surface area contributed by atoms with E-state index in [1.165, 1.54) is 19.3 Å². The Bertz CT molecular complexity index is 408. The van der Waals surface area contributed by atoms with Crippen molar-refractivity contribution < 1.29 is 4.92 Å². The number of non-ortho nitro benzene ring substituents is 1. The Labute approximate surface area is 111 Å². The van der Waals surface area contributed by atoms with Gasteiger partial charge in [-0.2, -0.15) is 11.8 Å². The monoisotopic (exact) mass is 266 g/mol. The molecule has 0 saturated heterocycles. The van der Waals surface area contributed by atoms with E-state index in [1.54, 1.807) is 12.1 Å². The van der Waals surface area contributed by atoms with Crippen LogP contribution < -0.4 is 5.32 Å². The van der Waals surface area contributed by atoms with Gasteiger partial charge < -0.3 is 5.32 Å². The molecule has 2 unspecified atom stereocenters. The van der Waals surface area contributed by atoms with Gasteiger partial charge in [0.25, 0.3) is 5.69 Å². The summed E-state index contributed by atoms with van der Waals surface area (Å²) in [5, 5.41) is 14.8. The van der Waals surface area contributed by atoms with Gasteiger partial charge in [-0.05, 0) is 24.7 Å². The maximum atomic E-state index is 10.5. The lowest BCUT2D eigenvalue weighted by Gasteiger charge is -2.19. The highest BCUT2D eigenvalue weighted by molar-refractivity contribution is 7.99. The Morgan fingerprint density at radius 2 is 2.11 bits per heavy atom. The van der Waals surface area contributed by atoms with Crippen molar-refractivity contribution in [1.82, 2.24) is 5.32 Å². The third-order valence-electron chi connectivity index (χ3n) is 3.47. The fraction of sp³-hybridized carbons (Fsp3) is 0.538. The molecule has 1 fully saturated rings. The lowest BCUT2D eigenvalue weighted by Crippen LogP contribution is -2.33. The molecule has 4 nitrogen and oxygen atoms in total. The van der Waals surface area contributed by atoms with Gasteiger partial charge in [-0.15, -0.1) is 0 Å². The van der Waals surface area contributed by atoms with E-state index in [9.17, 15) is 10.1 Å². The molecule has 1 N–H and O–H groups in total. The molecule has 0 spiro atoms. The van der Waals surface area contributed by atoms with Crippen molar-refractivity contribution in [2.45, 2.75) is 37.1 Å². The van der Waals surface area contributed by atoms with Crippen molar-refractivity contribution in [2.24, 2.45) is 0 Å². The van der Waals surface area contributed by atoms with Crippen molar-refractivity contribution in [3.8, 4) is 0 Å². The van der Waals surface area contributed by atoms with Crippen LogP contribution in [0.3, 0.4) is 0 Å². The quantitative estimate of drug-likeness (QED) is 0.657. The average Bonchev–Trinajstić information content (AvgIpc) is 2.84. The number of nitro benzene ring substituents is 1. The number of hydrogen-bond acceptors (Lipinski definition) is 4.